The Morgan fingerprint density at radius 1 is 1.53 bits per heavy atom. The number of hydrogen-bond acceptors (Lipinski definition) is 3. The third kappa shape index (κ3) is 3.80. The van der Waals surface area contributed by atoms with Crippen LogP contribution in [0.15, 0.2) is 0 Å². The Kier molecular flexibility index (Phi) is 4.54. The van der Waals surface area contributed by atoms with Gasteiger partial charge in [-0.3, -0.25) is 4.79 Å². The van der Waals surface area contributed by atoms with Gasteiger partial charge in [0.25, 0.3) is 0 Å². The highest BCUT2D eigenvalue weighted by molar-refractivity contribution is 5.73. The van der Waals surface area contributed by atoms with Gasteiger partial charge in [-0.05, 0) is 13.0 Å². The molecule has 1 amide bonds. The zero-order chi connectivity index (χ0) is 11.4. The van der Waals surface area contributed by atoms with Crippen LogP contribution < -0.4 is 5.32 Å². The number of amides is 1. The van der Waals surface area contributed by atoms with Gasteiger partial charge in [0.1, 0.15) is 0 Å². The Balaban J connectivity index is 2.57. The van der Waals surface area contributed by atoms with E-state index >= 15 is 0 Å². The maximum absolute atomic E-state index is 11.1. The summed E-state index contributed by atoms with van der Waals surface area (Å²) in [6, 6.07) is 0.116. The molecule has 0 spiro atoms. The van der Waals surface area contributed by atoms with Crippen molar-refractivity contribution in [1.29, 1.82) is 0 Å². The van der Waals surface area contributed by atoms with Crippen molar-refractivity contribution in [3.05, 3.63) is 0 Å². The van der Waals surface area contributed by atoms with Crippen molar-refractivity contribution >= 4 is 5.91 Å². The highest BCUT2D eigenvalue weighted by Crippen LogP contribution is 2.14. The summed E-state index contributed by atoms with van der Waals surface area (Å²) in [6.45, 7) is 8.40. The van der Waals surface area contributed by atoms with Crippen LogP contribution in [-0.2, 0) is 9.53 Å². The van der Waals surface area contributed by atoms with Gasteiger partial charge in [-0.15, -0.1) is 0 Å². The van der Waals surface area contributed by atoms with Crippen LogP contribution in [0.25, 0.3) is 0 Å². The number of hydrogen-bond donors (Lipinski definition) is 1. The molecule has 0 unspecified atom stereocenters. The van der Waals surface area contributed by atoms with Crippen LogP contribution in [0.5, 0.6) is 0 Å². The van der Waals surface area contributed by atoms with Gasteiger partial charge in [0, 0.05) is 20.0 Å². The first-order valence-electron chi connectivity index (χ1n) is 5.58. The minimum atomic E-state index is 0.0190. The van der Waals surface area contributed by atoms with E-state index in [0.29, 0.717) is 5.92 Å². The molecule has 15 heavy (non-hydrogen) atoms. The number of likely N-dealkylation sites (N-methyl/N-ethyl adjacent to an activating group) is 1. The largest absolute Gasteiger partial charge is 0.373 e. The van der Waals surface area contributed by atoms with E-state index in [9.17, 15) is 4.79 Å². The van der Waals surface area contributed by atoms with Crippen LogP contribution in [0.4, 0.5) is 0 Å². The molecule has 0 aromatic rings. The Labute approximate surface area is 92.0 Å². The summed E-state index contributed by atoms with van der Waals surface area (Å²) in [6.07, 6.45) is 0.118. The van der Waals surface area contributed by atoms with Crippen LogP contribution in [-0.4, -0.2) is 49.7 Å². The zero-order valence-electron chi connectivity index (χ0n) is 10.1. The third-order valence-corrected chi connectivity index (χ3v) is 2.79. The molecule has 0 bridgehead atoms. The molecule has 1 heterocycles. The Morgan fingerprint density at radius 3 is 2.67 bits per heavy atom. The number of carbonyl (C=O) groups excluding carboxylic acids is 1. The molecule has 1 aliphatic heterocycles. The smallest absolute Gasteiger partial charge is 0.217 e. The van der Waals surface area contributed by atoms with Gasteiger partial charge in [0.05, 0.1) is 18.8 Å². The van der Waals surface area contributed by atoms with Crippen molar-refractivity contribution in [2.45, 2.75) is 32.9 Å². The van der Waals surface area contributed by atoms with Gasteiger partial charge in [-0.2, -0.15) is 0 Å². The van der Waals surface area contributed by atoms with Gasteiger partial charge in [0.15, 0.2) is 0 Å². The SMILES string of the molecule is CC(=O)N[C@H](C(C)C)[C@@H]1CN(C)CCO1. The third-order valence-electron chi connectivity index (χ3n) is 2.79. The monoisotopic (exact) mass is 214 g/mol. The van der Waals surface area contributed by atoms with Crippen LogP contribution in [0.2, 0.25) is 0 Å². The second kappa shape index (κ2) is 5.47. The van der Waals surface area contributed by atoms with Crippen molar-refractivity contribution in [3.8, 4) is 0 Å². The van der Waals surface area contributed by atoms with Crippen LogP contribution in [0, 0.1) is 5.92 Å². The van der Waals surface area contributed by atoms with E-state index in [0.717, 1.165) is 19.7 Å². The quantitative estimate of drug-likeness (QED) is 0.743. The number of ether oxygens (including phenoxy) is 1. The fourth-order valence-corrected chi connectivity index (χ4v) is 1.95. The van der Waals surface area contributed by atoms with Gasteiger partial charge in [0.2, 0.25) is 5.91 Å². The van der Waals surface area contributed by atoms with Gasteiger partial charge in [-0.1, -0.05) is 13.8 Å². The molecule has 1 fully saturated rings. The lowest BCUT2D eigenvalue weighted by Crippen LogP contribution is -2.54. The van der Waals surface area contributed by atoms with E-state index < -0.39 is 0 Å². The predicted molar refractivity (Wildman–Crippen MR) is 59.7 cm³/mol. The first kappa shape index (κ1) is 12.5. The number of rotatable bonds is 3. The standard InChI is InChI=1S/C11H22N2O2/c1-8(2)11(12-9(3)14)10-7-13(4)5-6-15-10/h8,10-11H,5-7H2,1-4H3,(H,12,14)/t10-,11+/m0/s1. The van der Waals surface area contributed by atoms with E-state index in [1.165, 1.54) is 0 Å². The molecule has 4 nitrogen and oxygen atoms in total. The number of nitrogens with zero attached hydrogens (tertiary/aromatic N) is 1. The second-order valence-electron chi connectivity index (χ2n) is 4.64. The summed E-state index contributed by atoms with van der Waals surface area (Å²) in [5.41, 5.74) is 0. The molecule has 4 heteroatoms. The van der Waals surface area contributed by atoms with E-state index in [4.69, 9.17) is 4.74 Å². The highest BCUT2D eigenvalue weighted by Gasteiger charge is 2.29. The zero-order valence-corrected chi connectivity index (χ0v) is 10.1. The summed E-state index contributed by atoms with van der Waals surface area (Å²) in [5, 5.41) is 2.98. The van der Waals surface area contributed by atoms with E-state index in [1.54, 1.807) is 6.92 Å². The van der Waals surface area contributed by atoms with Crippen LogP contribution >= 0.6 is 0 Å². The first-order valence-corrected chi connectivity index (χ1v) is 5.58. The van der Waals surface area contributed by atoms with E-state index in [-0.39, 0.29) is 18.1 Å². The summed E-state index contributed by atoms with van der Waals surface area (Å²) in [5.74, 6) is 0.413. The van der Waals surface area contributed by atoms with Crippen molar-refractivity contribution in [2.75, 3.05) is 26.7 Å². The molecule has 88 valence electrons. The van der Waals surface area contributed by atoms with Gasteiger partial charge >= 0.3 is 0 Å². The highest BCUT2D eigenvalue weighted by atomic mass is 16.5. The fourth-order valence-electron chi connectivity index (χ4n) is 1.95. The Hall–Kier alpha value is -0.610. The maximum atomic E-state index is 11.1. The van der Waals surface area contributed by atoms with E-state index in [2.05, 4.69) is 31.1 Å². The molecule has 1 aliphatic rings. The molecular weight excluding hydrogens is 192 g/mol. The average molecular weight is 214 g/mol. The normalized spacial score (nSPS) is 25.3. The second-order valence-corrected chi connectivity index (χ2v) is 4.64. The lowest BCUT2D eigenvalue weighted by Gasteiger charge is -2.37. The summed E-state index contributed by atoms with van der Waals surface area (Å²) in [7, 11) is 2.08. The molecule has 1 N–H and O–H groups in total. The van der Waals surface area contributed by atoms with Crippen molar-refractivity contribution < 1.29 is 9.53 Å². The van der Waals surface area contributed by atoms with Crippen LogP contribution in [0.1, 0.15) is 20.8 Å². The fraction of sp³-hybridized carbons (Fsp3) is 0.909. The number of carbonyl (C=O) groups is 1. The molecule has 0 aromatic carbocycles. The summed E-state index contributed by atoms with van der Waals surface area (Å²) >= 11 is 0. The molecule has 1 saturated heterocycles. The topological polar surface area (TPSA) is 41.6 Å². The van der Waals surface area contributed by atoms with Crippen LogP contribution in [0.3, 0.4) is 0 Å². The number of nitrogens with one attached hydrogen (secondary N) is 1. The predicted octanol–water partition coefficient (Wildman–Crippen LogP) is 0.478. The molecular formula is C11H22N2O2. The van der Waals surface area contributed by atoms with E-state index in [1.807, 2.05) is 0 Å². The minimum absolute atomic E-state index is 0.0190. The molecule has 0 saturated carbocycles. The van der Waals surface area contributed by atoms with Crippen molar-refractivity contribution in [2.24, 2.45) is 5.92 Å². The molecule has 1 rings (SSSR count). The minimum Gasteiger partial charge on any atom is -0.373 e. The maximum Gasteiger partial charge on any atom is 0.217 e. The van der Waals surface area contributed by atoms with Gasteiger partial charge < -0.3 is 15.0 Å². The number of morpholine rings is 1. The summed E-state index contributed by atoms with van der Waals surface area (Å²) < 4.78 is 5.72. The van der Waals surface area contributed by atoms with Gasteiger partial charge in [-0.25, -0.2) is 0 Å². The van der Waals surface area contributed by atoms with Crippen molar-refractivity contribution in [1.82, 2.24) is 10.2 Å². The first-order chi connectivity index (χ1) is 7.00. The lowest BCUT2D eigenvalue weighted by molar-refractivity contribution is -0.122. The molecule has 0 radical (unpaired) electrons. The average Bonchev–Trinajstić information content (AvgIpc) is 2.13. The summed E-state index contributed by atoms with van der Waals surface area (Å²) in [4.78, 5) is 13.3. The Morgan fingerprint density at radius 2 is 2.20 bits per heavy atom. The molecule has 0 aliphatic carbocycles. The lowest BCUT2D eigenvalue weighted by atomic mass is 9.97. The Bertz CT molecular complexity index is 219. The molecule has 2 atom stereocenters. The molecule has 0 aromatic heterocycles. The van der Waals surface area contributed by atoms with Crippen molar-refractivity contribution in [3.63, 3.8) is 0 Å².